The van der Waals surface area contributed by atoms with E-state index in [2.05, 4.69) is 35.5 Å². The van der Waals surface area contributed by atoms with Gasteiger partial charge in [-0.05, 0) is 48.1 Å². The van der Waals surface area contributed by atoms with Crippen molar-refractivity contribution in [2.75, 3.05) is 41.0 Å². The molecule has 10 heteroatoms. The summed E-state index contributed by atoms with van der Waals surface area (Å²) in [6.07, 6.45) is 5.08. The van der Waals surface area contributed by atoms with E-state index < -0.39 is 12.4 Å². The zero-order valence-electron chi connectivity index (χ0n) is 22.9. The molecule has 2 aromatic carbocycles. The maximum atomic E-state index is 9.91. The Bertz CT molecular complexity index is 1120. The Morgan fingerprint density at radius 1 is 1.10 bits per heavy atom. The predicted molar refractivity (Wildman–Crippen MR) is 145 cm³/mol. The fourth-order valence-corrected chi connectivity index (χ4v) is 4.85. The van der Waals surface area contributed by atoms with E-state index in [-0.39, 0.29) is 31.4 Å². The van der Waals surface area contributed by atoms with Crippen LogP contribution in [0.25, 0.3) is 0 Å². The van der Waals surface area contributed by atoms with Crippen LogP contribution in [0.4, 0.5) is 0 Å². The Balaban J connectivity index is 1.56. The highest BCUT2D eigenvalue weighted by molar-refractivity contribution is 5.79. The van der Waals surface area contributed by atoms with E-state index in [9.17, 15) is 5.26 Å². The molecule has 39 heavy (non-hydrogen) atoms. The number of nitrogens with zero attached hydrogens (tertiary/aromatic N) is 3. The van der Waals surface area contributed by atoms with Gasteiger partial charge in [-0.25, -0.2) is 9.89 Å². The molecule has 1 saturated heterocycles. The minimum absolute atomic E-state index is 0.000459. The molecule has 0 aromatic heterocycles. The number of methoxy groups -OCH3 is 3. The number of guanidine groups is 1. The standard InChI is InChI=1S/C29H38N4O6/c1-34-24-12-11-22(16-25(24)38-23-14-20-8-4-5-9-21(20)15-23)26(39-27-10-6-7-13-37-27)18-33(19-30)29(31)32-17-28(35-2)36-3/h4-5,8-9,11-12,16,23,26-28H,6-7,10,13-15,17-18H2,1-3H3,(H2,31,32). The Morgan fingerprint density at radius 2 is 1.85 bits per heavy atom. The van der Waals surface area contributed by atoms with E-state index in [1.54, 1.807) is 7.11 Å². The quantitative estimate of drug-likeness (QED) is 0.142. The third-order valence-corrected chi connectivity index (χ3v) is 6.99. The molecule has 2 aliphatic rings. The van der Waals surface area contributed by atoms with Gasteiger partial charge in [-0.3, -0.25) is 0 Å². The zero-order chi connectivity index (χ0) is 27.6. The maximum Gasteiger partial charge on any atom is 0.205 e. The van der Waals surface area contributed by atoms with Crippen LogP contribution in [0, 0.1) is 11.5 Å². The normalized spacial score (nSPS) is 18.4. The van der Waals surface area contributed by atoms with E-state index >= 15 is 0 Å². The lowest BCUT2D eigenvalue weighted by molar-refractivity contribution is -0.190. The molecule has 2 N–H and O–H groups in total. The zero-order valence-corrected chi connectivity index (χ0v) is 22.9. The van der Waals surface area contributed by atoms with Gasteiger partial charge in [0.05, 0.1) is 20.2 Å². The topological polar surface area (TPSA) is 121 Å². The molecule has 4 rings (SSSR count). The largest absolute Gasteiger partial charge is 0.493 e. The number of nitriles is 1. The van der Waals surface area contributed by atoms with Gasteiger partial charge in [0.2, 0.25) is 5.96 Å². The summed E-state index contributed by atoms with van der Waals surface area (Å²) in [6, 6.07) is 14.1. The molecule has 1 heterocycles. The fourth-order valence-electron chi connectivity index (χ4n) is 4.85. The molecule has 0 radical (unpaired) electrons. The monoisotopic (exact) mass is 538 g/mol. The van der Waals surface area contributed by atoms with Gasteiger partial charge in [0.25, 0.3) is 0 Å². The first kappa shape index (κ1) is 28.6. The second-order valence-corrected chi connectivity index (χ2v) is 9.56. The second kappa shape index (κ2) is 14.1. The molecular weight excluding hydrogens is 500 g/mol. The molecule has 2 unspecified atom stereocenters. The molecule has 210 valence electrons. The van der Waals surface area contributed by atoms with Crippen LogP contribution in [0.5, 0.6) is 11.5 Å². The van der Waals surface area contributed by atoms with Gasteiger partial charge in [-0.15, -0.1) is 0 Å². The average molecular weight is 539 g/mol. The van der Waals surface area contributed by atoms with Crippen LogP contribution in [0.1, 0.15) is 42.1 Å². The Labute approximate surface area is 230 Å². The SMILES string of the molecule is COc1ccc(C(CN(C#N)C(N)=NCC(OC)OC)OC2CCCCO2)cc1OC1Cc2ccccc2C1. The van der Waals surface area contributed by atoms with Crippen molar-refractivity contribution in [1.82, 2.24) is 4.90 Å². The van der Waals surface area contributed by atoms with Crippen molar-refractivity contribution in [3.63, 3.8) is 0 Å². The molecule has 0 bridgehead atoms. The van der Waals surface area contributed by atoms with Gasteiger partial charge < -0.3 is 34.2 Å². The summed E-state index contributed by atoms with van der Waals surface area (Å²) < 4.78 is 34.7. The molecular formula is C29H38N4O6. The van der Waals surface area contributed by atoms with Gasteiger partial charge in [0, 0.05) is 33.7 Å². The smallest absolute Gasteiger partial charge is 0.205 e. The number of fused-ring (bicyclic) bond motifs is 1. The summed E-state index contributed by atoms with van der Waals surface area (Å²) in [5, 5.41) is 9.91. The molecule has 10 nitrogen and oxygen atoms in total. The first-order valence-corrected chi connectivity index (χ1v) is 13.3. The van der Waals surface area contributed by atoms with Gasteiger partial charge in [-0.2, -0.15) is 5.26 Å². The summed E-state index contributed by atoms with van der Waals surface area (Å²) >= 11 is 0. The third kappa shape index (κ3) is 7.61. The van der Waals surface area contributed by atoms with Crippen molar-refractivity contribution in [3.8, 4) is 17.7 Å². The highest BCUT2D eigenvalue weighted by Crippen LogP contribution is 2.35. The average Bonchev–Trinajstić information content (AvgIpc) is 3.38. The Hall–Kier alpha value is -3.36. The van der Waals surface area contributed by atoms with Crippen LogP contribution in [0.2, 0.25) is 0 Å². The van der Waals surface area contributed by atoms with Crippen molar-refractivity contribution in [2.45, 2.75) is 56.9 Å². The molecule has 1 aliphatic heterocycles. The minimum atomic E-state index is -0.560. The van der Waals surface area contributed by atoms with Gasteiger partial charge in [-0.1, -0.05) is 30.3 Å². The van der Waals surface area contributed by atoms with Crippen molar-refractivity contribution in [1.29, 1.82) is 5.26 Å². The Kier molecular flexibility index (Phi) is 10.4. The molecule has 2 aromatic rings. The molecule has 0 amide bonds. The summed E-state index contributed by atoms with van der Waals surface area (Å²) in [5.41, 5.74) is 9.60. The molecule has 0 saturated carbocycles. The van der Waals surface area contributed by atoms with E-state index in [1.165, 1.54) is 30.2 Å². The van der Waals surface area contributed by atoms with Crippen molar-refractivity contribution >= 4 is 5.96 Å². The van der Waals surface area contributed by atoms with Crippen LogP contribution < -0.4 is 15.2 Å². The van der Waals surface area contributed by atoms with Crippen molar-refractivity contribution in [2.24, 2.45) is 10.7 Å². The fraction of sp³-hybridized carbons (Fsp3) is 0.517. The van der Waals surface area contributed by atoms with Crippen molar-refractivity contribution < 1.29 is 28.4 Å². The summed E-state index contributed by atoms with van der Waals surface area (Å²) in [6.45, 7) is 0.924. The van der Waals surface area contributed by atoms with Crippen molar-refractivity contribution in [3.05, 3.63) is 59.2 Å². The van der Waals surface area contributed by atoms with Crippen LogP contribution >= 0.6 is 0 Å². The number of hydrogen-bond donors (Lipinski definition) is 1. The second-order valence-electron chi connectivity index (χ2n) is 9.56. The van der Waals surface area contributed by atoms with Gasteiger partial charge in [0.15, 0.2) is 30.3 Å². The number of nitrogens with two attached hydrogens (primary N) is 1. The van der Waals surface area contributed by atoms with E-state index in [0.29, 0.717) is 18.1 Å². The lowest BCUT2D eigenvalue weighted by Crippen LogP contribution is -2.39. The predicted octanol–water partition coefficient (Wildman–Crippen LogP) is 3.54. The first-order chi connectivity index (χ1) is 19.0. The number of benzene rings is 2. The van der Waals surface area contributed by atoms with E-state index in [0.717, 1.165) is 37.7 Å². The van der Waals surface area contributed by atoms with Crippen LogP contribution in [-0.2, 0) is 31.8 Å². The number of rotatable bonds is 12. The number of aliphatic imine (C=N–C) groups is 1. The molecule has 1 aliphatic carbocycles. The summed E-state index contributed by atoms with van der Waals surface area (Å²) in [5.74, 6) is 1.30. The molecule has 0 spiro atoms. The summed E-state index contributed by atoms with van der Waals surface area (Å²) in [7, 11) is 4.66. The summed E-state index contributed by atoms with van der Waals surface area (Å²) in [4.78, 5) is 5.58. The molecule has 1 fully saturated rings. The van der Waals surface area contributed by atoms with Crippen LogP contribution in [0.15, 0.2) is 47.5 Å². The molecule has 2 atom stereocenters. The lowest BCUT2D eigenvalue weighted by atomic mass is 10.1. The van der Waals surface area contributed by atoms with E-state index in [1.807, 2.05) is 18.2 Å². The number of hydrogen-bond acceptors (Lipinski definition) is 8. The lowest BCUT2D eigenvalue weighted by Gasteiger charge is -2.30. The first-order valence-electron chi connectivity index (χ1n) is 13.3. The van der Waals surface area contributed by atoms with E-state index in [4.69, 9.17) is 34.2 Å². The van der Waals surface area contributed by atoms with Crippen LogP contribution in [0.3, 0.4) is 0 Å². The van der Waals surface area contributed by atoms with Gasteiger partial charge in [0.1, 0.15) is 12.2 Å². The number of ether oxygens (including phenoxy) is 6. The maximum absolute atomic E-state index is 9.91. The minimum Gasteiger partial charge on any atom is -0.493 e. The highest BCUT2D eigenvalue weighted by Gasteiger charge is 2.27. The highest BCUT2D eigenvalue weighted by atomic mass is 16.7. The Morgan fingerprint density at radius 3 is 2.46 bits per heavy atom. The third-order valence-electron chi connectivity index (χ3n) is 6.99. The van der Waals surface area contributed by atoms with Gasteiger partial charge >= 0.3 is 0 Å². The van der Waals surface area contributed by atoms with Crippen LogP contribution in [-0.4, -0.2) is 70.6 Å².